The van der Waals surface area contributed by atoms with Crippen LogP contribution in [0.3, 0.4) is 0 Å². The minimum Gasteiger partial charge on any atom is -0.530 e. The lowest BCUT2D eigenvalue weighted by Crippen LogP contribution is -2.44. The van der Waals surface area contributed by atoms with Crippen LogP contribution < -0.4 is 10.4 Å². The highest BCUT2D eigenvalue weighted by molar-refractivity contribution is 7.99. The van der Waals surface area contributed by atoms with Crippen molar-refractivity contribution in [2.24, 2.45) is 0 Å². The van der Waals surface area contributed by atoms with Crippen LogP contribution in [0.2, 0.25) is 0 Å². The molecular weight excluding hydrogens is 231 g/mol. The van der Waals surface area contributed by atoms with Crippen molar-refractivity contribution in [3.63, 3.8) is 0 Å². The summed E-state index contributed by atoms with van der Waals surface area (Å²) >= 11 is 1.08. The van der Waals surface area contributed by atoms with Gasteiger partial charge in [-0.05, 0) is 6.42 Å². The Bertz CT molecular complexity index is 199. The highest BCUT2D eigenvalue weighted by Gasteiger charge is 2.26. The number of alkyl halides is 3. The lowest BCUT2D eigenvalue weighted by Gasteiger charge is -2.18. The van der Waals surface area contributed by atoms with Gasteiger partial charge in [0.25, 0.3) is 0 Å². The number of hydrogen-bond acceptors (Lipinski definition) is 3. The highest BCUT2D eigenvalue weighted by atomic mass is 32.2. The first-order valence-electron chi connectivity index (χ1n) is 4.47. The van der Waals surface area contributed by atoms with E-state index in [-0.39, 0.29) is 11.8 Å². The van der Waals surface area contributed by atoms with E-state index in [1.54, 1.807) is 6.92 Å². The fourth-order valence-corrected chi connectivity index (χ4v) is 1.99. The average Bonchev–Trinajstić information content (AvgIpc) is 2.08. The van der Waals surface area contributed by atoms with Gasteiger partial charge < -0.3 is 15.2 Å². The van der Waals surface area contributed by atoms with E-state index in [0.717, 1.165) is 11.8 Å². The van der Waals surface area contributed by atoms with Crippen molar-refractivity contribution in [2.75, 3.05) is 11.5 Å². The van der Waals surface area contributed by atoms with Crippen LogP contribution in [0.5, 0.6) is 0 Å². The van der Waals surface area contributed by atoms with E-state index in [9.17, 15) is 23.1 Å². The van der Waals surface area contributed by atoms with Crippen LogP contribution in [-0.2, 0) is 0 Å². The number of nitrogens with one attached hydrogen (secondary N) is 1. The minimum atomic E-state index is -4.14. The van der Waals surface area contributed by atoms with Gasteiger partial charge >= 0.3 is 6.18 Å². The van der Waals surface area contributed by atoms with E-state index in [2.05, 4.69) is 5.32 Å². The summed E-state index contributed by atoms with van der Waals surface area (Å²) in [5, 5.41) is 12.3. The maximum Gasteiger partial charge on any atom is 0.389 e. The molecule has 0 fully saturated rings. The molecular formula is C8H13F3NO2S-. The van der Waals surface area contributed by atoms with E-state index in [1.165, 1.54) is 0 Å². The van der Waals surface area contributed by atoms with Crippen molar-refractivity contribution in [1.82, 2.24) is 5.32 Å². The van der Waals surface area contributed by atoms with Crippen molar-refractivity contribution in [3.8, 4) is 0 Å². The topological polar surface area (TPSA) is 52.2 Å². The Labute approximate surface area is 90.4 Å². The normalized spacial score (nSPS) is 13.6. The smallest absolute Gasteiger partial charge is 0.389 e. The van der Waals surface area contributed by atoms with Gasteiger partial charge in [0.05, 0.1) is 6.42 Å². The van der Waals surface area contributed by atoms with Crippen molar-refractivity contribution < 1.29 is 23.1 Å². The zero-order valence-electron chi connectivity index (χ0n) is 8.26. The molecule has 0 spiro atoms. The number of carbonyl (C=O) groups excluding carboxylic acids is 1. The number of hydrogen-bond donors (Lipinski definition) is 1. The number of carbonyl (C=O) groups is 1. The summed E-state index contributed by atoms with van der Waals surface area (Å²) < 4.78 is 35.2. The zero-order valence-corrected chi connectivity index (χ0v) is 9.08. The first-order valence-corrected chi connectivity index (χ1v) is 5.62. The highest BCUT2D eigenvalue weighted by Crippen LogP contribution is 2.22. The molecule has 7 heteroatoms. The van der Waals surface area contributed by atoms with Gasteiger partial charge in [-0.15, -0.1) is 0 Å². The number of halogens is 3. The molecule has 0 aromatic rings. The predicted molar refractivity (Wildman–Crippen MR) is 50.6 cm³/mol. The molecule has 0 heterocycles. The second kappa shape index (κ2) is 6.81. The van der Waals surface area contributed by atoms with Crippen LogP contribution in [-0.4, -0.2) is 29.8 Å². The van der Waals surface area contributed by atoms with Crippen molar-refractivity contribution in [3.05, 3.63) is 0 Å². The fraction of sp³-hybridized carbons (Fsp3) is 0.875. The fourth-order valence-electron chi connectivity index (χ4n) is 0.842. The van der Waals surface area contributed by atoms with Crippen molar-refractivity contribution in [1.29, 1.82) is 0 Å². The molecule has 1 N–H and O–H groups in total. The summed E-state index contributed by atoms with van der Waals surface area (Å²) in [4.78, 5) is 10.1. The summed E-state index contributed by atoms with van der Waals surface area (Å²) in [5.41, 5.74) is 0. The van der Waals surface area contributed by atoms with Crippen LogP contribution in [0.15, 0.2) is 0 Å². The number of thioether (sulfide) groups is 1. The molecule has 1 unspecified atom stereocenters. The molecule has 3 nitrogen and oxygen atoms in total. The molecule has 0 aromatic carbocycles. The Hall–Kier alpha value is -0.590. The molecule has 0 aliphatic heterocycles. The van der Waals surface area contributed by atoms with Gasteiger partial charge in [0, 0.05) is 17.5 Å². The molecule has 1 amide bonds. The van der Waals surface area contributed by atoms with Gasteiger partial charge in [0.15, 0.2) is 0 Å². The van der Waals surface area contributed by atoms with Gasteiger partial charge in [-0.3, -0.25) is 0 Å². The lowest BCUT2D eigenvalue weighted by atomic mass is 10.3. The van der Waals surface area contributed by atoms with E-state index in [4.69, 9.17) is 0 Å². The minimum absolute atomic E-state index is 0.0469. The Morgan fingerprint density at radius 2 is 2.13 bits per heavy atom. The van der Waals surface area contributed by atoms with Gasteiger partial charge in [-0.1, -0.05) is 6.92 Å². The molecule has 0 bridgehead atoms. The molecule has 1 atom stereocenters. The third-order valence-corrected chi connectivity index (χ3v) is 2.79. The Balaban J connectivity index is 3.59. The van der Waals surface area contributed by atoms with Crippen molar-refractivity contribution in [2.45, 2.75) is 32.0 Å². The largest absolute Gasteiger partial charge is 0.530 e. The van der Waals surface area contributed by atoms with E-state index < -0.39 is 18.7 Å². The van der Waals surface area contributed by atoms with Crippen LogP contribution in [0.1, 0.15) is 19.8 Å². The molecule has 0 aliphatic rings. The number of carboxylic acid groups (broad SMARTS) is 1. The second-order valence-corrected chi connectivity index (χ2v) is 4.13. The molecule has 0 radical (unpaired) electrons. The molecule has 0 aliphatic carbocycles. The molecule has 0 saturated carbocycles. The quantitative estimate of drug-likeness (QED) is 0.718. The predicted octanol–water partition coefficient (Wildman–Crippen LogP) is 1.38. The molecule has 0 rings (SSSR count). The van der Waals surface area contributed by atoms with Gasteiger partial charge in [-0.25, -0.2) is 0 Å². The third-order valence-electron chi connectivity index (χ3n) is 1.66. The van der Waals surface area contributed by atoms with Crippen LogP contribution in [0, 0.1) is 0 Å². The monoisotopic (exact) mass is 244 g/mol. The van der Waals surface area contributed by atoms with Crippen LogP contribution in [0.25, 0.3) is 0 Å². The molecule has 15 heavy (non-hydrogen) atoms. The van der Waals surface area contributed by atoms with Crippen LogP contribution >= 0.6 is 11.8 Å². The summed E-state index contributed by atoms with van der Waals surface area (Å²) in [6.45, 7) is 1.75. The van der Waals surface area contributed by atoms with E-state index >= 15 is 0 Å². The summed E-state index contributed by atoms with van der Waals surface area (Å²) in [6, 6.07) is -0.340. The maximum absolute atomic E-state index is 11.7. The van der Waals surface area contributed by atoms with Crippen molar-refractivity contribution >= 4 is 17.9 Å². The SMILES string of the molecule is CCC(CSCCC(F)(F)F)NC(=O)[O-]. The zero-order chi connectivity index (χ0) is 11.9. The molecule has 0 saturated heterocycles. The third kappa shape index (κ3) is 9.71. The van der Waals surface area contributed by atoms with Gasteiger partial charge in [0.1, 0.15) is 6.09 Å². The second-order valence-electron chi connectivity index (χ2n) is 2.98. The standard InChI is InChI=1S/C8H14F3NO2S/c1-2-6(12-7(13)14)5-15-4-3-8(9,10)11/h6,12H,2-5H2,1H3,(H,13,14)/p-1. The molecule has 90 valence electrons. The van der Waals surface area contributed by atoms with Gasteiger partial charge in [-0.2, -0.15) is 24.9 Å². The first-order chi connectivity index (χ1) is 6.85. The van der Waals surface area contributed by atoms with E-state index in [1.807, 2.05) is 0 Å². The summed E-state index contributed by atoms with van der Waals surface area (Å²) in [7, 11) is 0. The molecule has 0 aromatic heterocycles. The maximum atomic E-state index is 11.7. The van der Waals surface area contributed by atoms with Crippen LogP contribution in [0.4, 0.5) is 18.0 Å². The first kappa shape index (κ1) is 14.4. The summed E-state index contributed by atoms with van der Waals surface area (Å²) in [5.74, 6) is 0.287. The summed E-state index contributed by atoms with van der Waals surface area (Å²) in [6.07, 6.45) is -5.85. The average molecular weight is 244 g/mol. The Kier molecular flexibility index (Phi) is 6.55. The Morgan fingerprint density at radius 3 is 2.53 bits per heavy atom. The number of rotatable bonds is 6. The lowest BCUT2D eigenvalue weighted by molar-refractivity contribution is -0.251. The Morgan fingerprint density at radius 1 is 1.53 bits per heavy atom. The van der Waals surface area contributed by atoms with E-state index in [0.29, 0.717) is 12.2 Å². The number of amides is 1. The van der Waals surface area contributed by atoms with Gasteiger partial charge in [0.2, 0.25) is 0 Å².